The number of carbonyl (C=O) groups is 1. The molecular formula is C26H22N4O2. The van der Waals surface area contributed by atoms with Crippen LogP contribution in [0, 0.1) is 0 Å². The van der Waals surface area contributed by atoms with Crippen molar-refractivity contribution in [3.8, 4) is 0 Å². The number of nitrogens with zero attached hydrogens (tertiary/aromatic N) is 3. The van der Waals surface area contributed by atoms with Crippen molar-refractivity contribution >= 4 is 27.8 Å². The zero-order valence-electron chi connectivity index (χ0n) is 17.7. The summed E-state index contributed by atoms with van der Waals surface area (Å²) in [6.45, 7) is 1.11. The topological polar surface area (TPSA) is 68.9 Å². The molecule has 0 atom stereocenters. The summed E-state index contributed by atoms with van der Waals surface area (Å²) in [4.78, 5) is 29.5. The van der Waals surface area contributed by atoms with E-state index in [4.69, 9.17) is 0 Å². The molecule has 0 aliphatic heterocycles. The van der Waals surface area contributed by atoms with Crippen LogP contribution in [0.25, 0.3) is 21.9 Å². The molecule has 0 unspecified atom stereocenters. The predicted octanol–water partition coefficient (Wildman–Crippen LogP) is 3.87. The quantitative estimate of drug-likeness (QED) is 0.468. The van der Waals surface area contributed by atoms with Gasteiger partial charge < -0.3 is 14.5 Å². The molecule has 1 amide bonds. The highest BCUT2D eigenvalue weighted by Crippen LogP contribution is 2.17. The number of aryl methyl sites for hydroxylation is 1. The third-order valence-corrected chi connectivity index (χ3v) is 5.75. The Bertz CT molecular complexity index is 1500. The first-order valence-corrected chi connectivity index (χ1v) is 10.4. The molecule has 0 bridgehead atoms. The number of carbonyl (C=O) groups excluding carboxylic acids is 1. The van der Waals surface area contributed by atoms with Gasteiger partial charge in [0.25, 0.3) is 11.5 Å². The van der Waals surface area contributed by atoms with Gasteiger partial charge in [-0.2, -0.15) is 0 Å². The fraction of sp³-hybridized carbons (Fsp3) is 0.115. The molecule has 158 valence electrons. The van der Waals surface area contributed by atoms with Crippen molar-refractivity contribution in [2.24, 2.45) is 7.05 Å². The number of fused-ring (bicyclic) bond motifs is 2. The standard InChI is InChI=1S/C26H22N4O2/c1-29-23-8-4-2-6-20(23)21(14-25(29)31)26(32)27-15-18-10-12-19(13-11-18)16-30-17-28-22-7-3-5-9-24(22)30/h2-14,17H,15-16H2,1H3,(H,27,32). The summed E-state index contributed by atoms with van der Waals surface area (Å²) in [5.74, 6) is -0.257. The number of rotatable bonds is 5. The van der Waals surface area contributed by atoms with E-state index >= 15 is 0 Å². The second-order valence-electron chi connectivity index (χ2n) is 7.83. The molecule has 0 fully saturated rings. The Kier molecular flexibility index (Phi) is 5.03. The van der Waals surface area contributed by atoms with Gasteiger partial charge in [-0.1, -0.05) is 54.6 Å². The van der Waals surface area contributed by atoms with E-state index in [1.54, 1.807) is 11.6 Å². The fourth-order valence-corrected chi connectivity index (χ4v) is 3.97. The molecule has 6 heteroatoms. The molecule has 0 aliphatic carbocycles. The minimum Gasteiger partial charge on any atom is -0.348 e. The first kappa shape index (κ1) is 19.8. The smallest absolute Gasteiger partial charge is 0.252 e. The Morgan fingerprint density at radius 2 is 1.59 bits per heavy atom. The summed E-state index contributed by atoms with van der Waals surface area (Å²) in [6.07, 6.45) is 1.85. The van der Waals surface area contributed by atoms with Gasteiger partial charge in [0.15, 0.2) is 0 Å². The van der Waals surface area contributed by atoms with E-state index < -0.39 is 0 Å². The monoisotopic (exact) mass is 422 g/mol. The van der Waals surface area contributed by atoms with Gasteiger partial charge in [-0.05, 0) is 29.3 Å². The molecule has 6 nitrogen and oxygen atoms in total. The van der Waals surface area contributed by atoms with Crippen molar-refractivity contribution in [3.05, 3.63) is 112 Å². The van der Waals surface area contributed by atoms with E-state index in [1.165, 1.54) is 6.07 Å². The number of pyridine rings is 1. The number of para-hydroxylation sites is 3. The Labute approximate surface area is 184 Å². The molecule has 2 heterocycles. The first-order chi connectivity index (χ1) is 15.6. The minimum absolute atomic E-state index is 0.203. The van der Waals surface area contributed by atoms with Crippen LogP contribution in [-0.2, 0) is 20.1 Å². The van der Waals surface area contributed by atoms with E-state index in [0.29, 0.717) is 12.1 Å². The normalized spacial score (nSPS) is 11.2. The highest BCUT2D eigenvalue weighted by Gasteiger charge is 2.13. The number of benzene rings is 3. The number of imidazole rings is 1. The van der Waals surface area contributed by atoms with Gasteiger partial charge in [-0.3, -0.25) is 9.59 Å². The van der Waals surface area contributed by atoms with Gasteiger partial charge in [-0.15, -0.1) is 0 Å². The summed E-state index contributed by atoms with van der Waals surface area (Å²) >= 11 is 0. The van der Waals surface area contributed by atoms with Crippen molar-refractivity contribution in [1.82, 2.24) is 19.4 Å². The highest BCUT2D eigenvalue weighted by molar-refractivity contribution is 6.06. The molecule has 5 aromatic rings. The van der Waals surface area contributed by atoms with Gasteiger partial charge in [0, 0.05) is 31.6 Å². The van der Waals surface area contributed by atoms with E-state index in [0.717, 1.165) is 39.6 Å². The van der Waals surface area contributed by atoms with Gasteiger partial charge in [0.2, 0.25) is 0 Å². The van der Waals surface area contributed by atoms with Gasteiger partial charge in [-0.25, -0.2) is 4.98 Å². The summed E-state index contributed by atoms with van der Waals surface area (Å²) in [5.41, 5.74) is 5.16. The highest BCUT2D eigenvalue weighted by atomic mass is 16.2. The Morgan fingerprint density at radius 1 is 0.906 bits per heavy atom. The van der Waals surface area contributed by atoms with Gasteiger partial charge in [0.1, 0.15) is 0 Å². The zero-order valence-corrected chi connectivity index (χ0v) is 17.7. The maximum atomic E-state index is 12.8. The number of hydrogen-bond donors (Lipinski definition) is 1. The number of amides is 1. The zero-order chi connectivity index (χ0) is 22.1. The summed E-state index contributed by atoms with van der Waals surface area (Å²) in [5, 5.41) is 3.70. The molecule has 3 aromatic carbocycles. The lowest BCUT2D eigenvalue weighted by Gasteiger charge is -2.11. The predicted molar refractivity (Wildman–Crippen MR) is 126 cm³/mol. The lowest BCUT2D eigenvalue weighted by atomic mass is 10.1. The third kappa shape index (κ3) is 3.67. The number of nitrogens with one attached hydrogen (secondary N) is 1. The van der Waals surface area contributed by atoms with Crippen LogP contribution in [0.15, 0.2) is 90.0 Å². The van der Waals surface area contributed by atoms with Gasteiger partial charge in [0.05, 0.1) is 28.4 Å². The molecular weight excluding hydrogens is 400 g/mol. The largest absolute Gasteiger partial charge is 0.348 e. The first-order valence-electron chi connectivity index (χ1n) is 10.4. The van der Waals surface area contributed by atoms with E-state index in [-0.39, 0.29) is 11.5 Å². The number of aromatic nitrogens is 3. The van der Waals surface area contributed by atoms with Crippen LogP contribution in [0.3, 0.4) is 0 Å². The van der Waals surface area contributed by atoms with Crippen molar-refractivity contribution in [1.29, 1.82) is 0 Å². The Morgan fingerprint density at radius 3 is 2.41 bits per heavy atom. The van der Waals surface area contributed by atoms with Crippen LogP contribution >= 0.6 is 0 Å². The molecule has 0 radical (unpaired) electrons. The maximum Gasteiger partial charge on any atom is 0.252 e. The second-order valence-corrected chi connectivity index (χ2v) is 7.83. The molecule has 1 N–H and O–H groups in total. The Hall–Kier alpha value is -4.19. The maximum absolute atomic E-state index is 12.8. The van der Waals surface area contributed by atoms with Gasteiger partial charge >= 0.3 is 0 Å². The average Bonchev–Trinajstić information content (AvgIpc) is 3.23. The lowest BCUT2D eigenvalue weighted by Crippen LogP contribution is -2.26. The molecule has 0 aliphatic rings. The van der Waals surface area contributed by atoms with Crippen molar-refractivity contribution in [3.63, 3.8) is 0 Å². The second kappa shape index (κ2) is 8.15. The van der Waals surface area contributed by atoms with Crippen LogP contribution in [0.4, 0.5) is 0 Å². The lowest BCUT2D eigenvalue weighted by molar-refractivity contribution is 0.0952. The van der Waals surface area contributed by atoms with Crippen LogP contribution in [-0.4, -0.2) is 20.0 Å². The summed E-state index contributed by atoms with van der Waals surface area (Å²) < 4.78 is 3.67. The SMILES string of the molecule is Cn1c(=O)cc(C(=O)NCc2ccc(Cn3cnc4ccccc43)cc2)c2ccccc21. The molecule has 0 saturated carbocycles. The van der Waals surface area contributed by atoms with Crippen LogP contribution in [0.2, 0.25) is 0 Å². The van der Waals surface area contributed by atoms with Crippen molar-refractivity contribution in [2.75, 3.05) is 0 Å². The number of hydrogen-bond acceptors (Lipinski definition) is 3. The molecule has 2 aromatic heterocycles. The van der Waals surface area contributed by atoms with Crippen LogP contribution in [0.1, 0.15) is 21.5 Å². The van der Waals surface area contributed by atoms with E-state index in [2.05, 4.69) is 33.1 Å². The van der Waals surface area contributed by atoms with E-state index in [9.17, 15) is 9.59 Å². The molecule has 32 heavy (non-hydrogen) atoms. The minimum atomic E-state index is -0.257. The van der Waals surface area contributed by atoms with Crippen molar-refractivity contribution in [2.45, 2.75) is 13.1 Å². The summed E-state index contributed by atoms with van der Waals surface area (Å²) in [6, 6.07) is 25.0. The summed E-state index contributed by atoms with van der Waals surface area (Å²) in [7, 11) is 1.71. The Balaban J connectivity index is 1.30. The van der Waals surface area contributed by atoms with Crippen molar-refractivity contribution < 1.29 is 4.79 Å². The molecule has 0 spiro atoms. The van der Waals surface area contributed by atoms with Crippen LogP contribution < -0.4 is 10.9 Å². The fourth-order valence-electron chi connectivity index (χ4n) is 3.97. The average molecular weight is 422 g/mol. The van der Waals surface area contributed by atoms with Crippen LogP contribution in [0.5, 0.6) is 0 Å². The molecule has 5 rings (SSSR count). The van der Waals surface area contributed by atoms with E-state index in [1.807, 2.05) is 60.9 Å². The third-order valence-electron chi connectivity index (χ3n) is 5.75. The molecule has 0 saturated heterocycles.